The molecule has 2 aromatic heterocycles. The summed E-state index contributed by atoms with van der Waals surface area (Å²) in [5.41, 5.74) is 6.95. The van der Waals surface area contributed by atoms with Crippen LogP contribution in [0, 0.1) is 0 Å². The van der Waals surface area contributed by atoms with E-state index in [-0.39, 0.29) is 0 Å². The van der Waals surface area contributed by atoms with Crippen molar-refractivity contribution in [2.45, 2.75) is 12.0 Å². The van der Waals surface area contributed by atoms with Crippen molar-refractivity contribution in [2.24, 2.45) is 0 Å². The predicted octanol–water partition coefficient (Wildman–Crippen LogP) is 1.35. The number of ether oxygens (including phenoxy) is 1. The fraction of sp³-hybridized carbons (Fsp3) is 0.385. The molecule has 1 saturated heterocycles. The molecule has 3 heterocycles. The molecule has 1 atom stereocenters. The van der Waals surface area contributed by atoms with E-state index < -0.39 is 5.60 Å². The van der Waals surface area contributed by atoms with Crippen molar-refractivity contribution in [3.8, 4) is 11.1 Å². The number of nitrogen functional groups attached to an aromatic ring is 1. The van der Waals surface area contributed by atoms with E-state index in [2.05, 4.69) is 14.7 Å². The van der Waals surface area contributed by atoms with Gasteiger partial charge in [-0.3, -0.25) is 4.98 Å². The number of pyridine rings is 1. The second kappa shape index (κ2) is 5.35. The summed E-state index contributed by atoms with van der Waals surface area (Å²) in [5, 5.41) is 14.4. The van der Waals surface area contributed by atoms with Crippen molar-refractivity contribution in [3.63, 3.8) is 0 Å². The van der Waals surface area contributed by atoms with Gasteiger partial charge in [-0.05, 0) is 29.2 Å². The molecule has 0 amide bonds. The van der Waals surface area contributed by atoms with E-state index in [1.54, 1.807) is 12.4 Å². The Balaban J connectivity index is 1.81. The van der Waals surface area contributed by atoms with Crippen LogP contribution in [0.1, 0.15) is 6.42 Å². The minimum Gasteiger partial charge on any atom is -0.386 e. The molecule has 2 aromatic rings. The lowest BCUT2D eigenvalue weighted by molar-refractivity contribution is 0.0382. The third-order valence-electron chi connectivity index (χ3n) is 3.35. The number of anilines is 2. The Bertz CT molecular complexity index is 581. The van der Waals surface area contributed by atoms with Gasteiger partial charge in [-0.1, -0.05) is 0 Å². The summed E-state index contributed by atoms with van der Waals surface area (Å²) in [7, 11) is 0. The van der Waals surface area contributed by atoms with E-state index in [0.29, 0.717) is 32.0 Å². The second-order valence-corrected chi connectivity index (χ2v) is 5.66. The molecule has 1 aliphatic rings. The van der Waals surface area contributed by atoms with Crippen LogP contribution in [0.3, 0.4) is 0 Å². The van der Waals surface area contributed by atoms with Crippen LogP contribution in [-0.4, -0.2) is 39.8 Å². The fourth-order valence-corrected chi connectivity index (χ4v) is 2.93. The first-order valence-corrected chi connectivity index (χ1v) is 7.15. The normalized spacial score (nSPS) is 22.1. The molecule has 20 heavy (non-hydrogen) atoms. The monoisotopic (exact) mass is 292 g/mol. The minimum absolute atomic E-state index is 0.360. The second-order valence-electron chi connectivity index (χ2n) is 4.89. The van der Waals surface area contributed by atoms with Gasteiger partial charge in [-0.25, -0.2) is 0 Å². The van der Waals surface area contributed by atoms with Crippen LogP contribution in [-0.2, 0) is 4.74 Å². The van der Waals surface area contributed by atoms with E-state index in [1.165, 1.54) is 11.5 Å². The van der Waals surface area contributed by atoms with Crippen molar-refractivity contribution < 1.29 is 9.84 Å². The molecule has 7 heteroatoms. The average molecular weight is 292 g/mol. The number of aliphatic hydroxyl groups is 1. The van der Waals surface area contributed by atoms with Gasteiger partial charge < -0.3 is 20.9 Å². The third kappa shape index (κ3) is 2.60. The average Bonchev–Trinajstić information content (AvgIpc) is 3.05. The molecule has 3 rings (SSSR count). The Hall–Kier alpha value is -1.70. The largest absolute Gasteiger partial charge is 0.386 e. The van der Waals surface area contributed by atoms with Gasteiger partial charge >= 0.3 is 0 Å². The van der Waals surface area contributed by atoms with Crippen LogP contribution in [0.25, 0.3) is 11.1 Å². The Kier molecular flexibility index (Phi) is 3.56. The summed E-state index contributed by atoms with van der Waals surface area (Å²) in [4.78, 5) is 4.00. The SMILES string of the molecule is Nc1nsc(NCC2(O)CCOC2)c1-c1ccncc1. The number of hydrogen-bond acceptors (Lipinski definition) is 7. The molecule has 0 bridgehead atoms. The smallest absolute Gasteiger partial charge is 0.147 e. The Labute approximate surface area is 120 Å². The van der Waals surface area contributed by atoms with Gasteiger partial charge in [-0.15, -0.1) is 0 Å². The number of nitrogens with two attached hydrogens (primary N) is 1. The summed E-state index contributed by atoms with van der Waals surface area (Å²) in [6, 6.07) is 3.78. The maximum Gasteiger partial charge on any atom is 0.147 e. The Morgan fingerprint density at radius 3 is 2.95 bits per heavy atom. The number of nitrogens with zero attached hydrogens (tertiary/aromatic N) is 2. The standard InChI is InChI=1S/C13H16N4O2S/c14-11-10(9-1-4-15-5-2-9)12(20-17-11)16-7-13(18)3-6-19-8-13/h1-2,4-5,16,18H,3,6-8H2,(H2,14,17). The highest BCUT2D eigenvalue weighted by Gasteiger charge is 2.32. The molecule has 6 nitrogen and oxygen atoms in total. The maximum atomic E-state index is 10.3. The molecule has 0 radical (unpaired) electrons. The highest BCUT2D eigenvalue weighted by atomic mass is 32.1. The highest BCUT2D eigenvalue weighted by molar-refractivity contribution is 7.11. The fourth-order valence-electron chi connectivity index (χ4n) is 2.20. The molecule has 1 unspecified atom stereocenters. The van der Waals surface area contributed by atoms with Crippen LogP contribution < -0.4 is 11.1 Å². The summed E-state index contributed by atoms with van der Waals surface area (Å²) in [5.74, 6) is 0.485. The van der Waals surface area contributed by atoms with E-state index in [0.717, 1.165) is 16.1 Å². The molecule has 0 spiro atoms. The molecule has 4 N–H and O–H groups in total. The summed E-state index contributed by atoms with van der Waals surface area (Å²) >= 11 is 1.29. The van der Waals surface area contributed by atoms with E-state index in [4.69, 9.17) is 10.5 Å². The van der Waals surface area contributed by atoms with Gasteiger partial charge in [0.1, 0.15) is 16.4 Å². The van der Waals surface area contributed by atoms with Gasteiger partial charge in [-0.2, -0.15) is 4.37 Å². The first-order chi connectivity index (χ1) is 9.68. The molecule has 0 aliphatic carbocycles. The Morgan fingerprint density at radius 2 is 2.25 bits per heavy atom. The zero-order valence-electron chi connectivity index (χ0n) is 10.9. The predicted molar refractivity (Wildman–Crippen MR) is 78.6 cm³/mol. The van der Waals surface area contributed by atoms with Crippen LogP contribution in [0.15, 0.2) is 24.5 Å². The van der Waals surface area contributed by atoms with Gasteiger partial charge in [0.15, 0.2) is 0 Å². The van der Waals surface area contributed by atoms with E-state index in [9.17, 15) is 5.11 Å². The lowest BCUT2D eigenvalue weighted by Crippen LogP contribution is -2.37. The van der Waals surface area contributed by atoms with Gasteiger partial charge in [0, 0.05) is 32.0 Å². The molecular weight excluding hydrogens is 276 g/mol. The minimum atomic E-state index is -0.811. The zero-order valence-corrected chi connectivity index (χ0v) is 11.7. The van der Waals surface area contributed by atoms with Crippen molar-refractivity contribution in [2.75, 3.05) is 30.8 Å². The van der Waals surface area contributed by atoms with E-state index in [1.807, 2.05) is 12.1 Å². The Morgan fingerprint density at radius 1 is 1.45 bits per heavy atom. The van der Waals surface area contributed by atoms with Crippen LogP contribution >= 0.6 is 11.5 Å². The molecule has 0 aromatic carbocycles. The number of aromatic nitrogens is 2. The third-order valence-corrected chi connectivity index (χ3v) is 4.17. The molecule has 1 aliphatic heterocycles. The van der Waals surface area contributed by atoms with Crippen LogP contribution in [0.2, 0.25) is 0 Å². The number of rotatable bonds is 4. The first kappa shape index (κ1) is 13.3. The van der Waals surface area contributed by atoms with Crippen molar-refractivity contribution in [1.29, 1.82) is 0 Å². The van der Waals surface area contributed by atoms with Crippen molar-refractivity contribution >= 4 is 22.4 Å². The molecule has 1 fully saturated rings. The van der Waals surface area contributed by atoms with Gasteiger partial charge in [0.05, 0.1) is 12.2 Å². The summed E-state index contributed by atoms with van der Waals surface area (Å²) < 4.78 is 9.42. The lowest BCUT2D eigenvalue weighted by Gasteiger charge is -2.21. The van der Waals surface area contributed by atoms with Crippen molar-refractivity contribution in [1.82, 2.24) is 9.36 Å². The number of hydrogen-bond donors (Lipinski definition) is 3. The summed E-state index contributed by atoms with van der Waals surface area (Å²) in [6.45, 7) is 1.38. The quantitative estimate of drug-likeness (QED) is 0.787. The maximum absolute atomic E-state index is 10.3. The highest BCUT2D eigenvalue weighted by Crippen LogP contribution is 2.36. The zero-order chi connectivity index (χ0) is 14.0. The molecule has 0 saturated carbocycles. The van der Waals surface area contributed by atoms with Gasteiger partial charge in [0.2, 0.25) is 0 Å². The van der Waals surface area contributed by atoms with Crippen LogP contribution in [0.4, 0.5) is 10.8 Å². The summed E-state index contributed by atoms with van der Waals surface area (Å²) in [6.07, 6.45) is 4.07. The van der Waals surface area contributed by atoms with E-state index >= 15 is 0 Å². The molecule has 106 valence electrons. The van der Waals surface area contributed by atoms with Crippen molar-refractivity contribution in [3.05, 3.63) is 24.5 Å². The first-order valence-electron chi connectivity index (χ1n) is 6.37. The topological polar surface area (TPSA) is 93.3 Å². The number of nitrogens with one attached hydrogen (secondary N) is 1. The van der Waals surface area contributed by atoms with Crippen LogP contribution in [0.5, 0.6) is 0 Å². The molecular formula is C13H16N4O2S. The lowest BCUT2D eigenvalue weighted by atomic mass is 10.0. The van der Waals surface area contributed by atoms with Gasteiger partial charge in [0.25, 0.3) is 0 Å².